The molecule has 0 aliphatic carbocycles. The van der Waals surface area contributed by atoms with Gasteiger partial charge in [-0.25, -0.2) is 4.79 Å². The molecule has 0 aromatic carbocycles. The molecule has 20 heavy (non-hydrogen) atoms. The number of piperidine rings is 1. The predicted molar refractivity (Wildman–Crippen MR) is 77.1 cm³/mol. The maximum atomic E-state index is 12.6. The van der Waals surface area contributed by atoms with Crippen molar-refractivity contribution < 1.29 is 9.59 Å². The Morgan fingerprint density at radius 1 is 1.15 bits per heavy atom. The standard InChI is InChI=1S/C14H26N4O2/c1-10-7-18(9-12(10)16(2)3)13(19)11-5-4-6-17(8-11)14(15)20/h10-12H,4-9H2,1-3H3,(H2,15,20)/t10-,11-,12-/m1/s1. The van der Waals surface area contributed by atoms with Gasteiger partial charge in [0.1, 0.15) is 0 Å². The average Bonchev–Trinajstić information content (AvgIpc) is 2.80. The van der Waals surface area contributed by atoms with Gasteiger partial charge in [-0.15, -0.1) is 0 Å². The van der Waals surface area contributed by atoms with Crippen molar-refractivity contribution in [3.8, 4) is 0 Å². The SMILES string of the molecule is C[C@@H]1CN(C(=O)[C@@H]2CCCN(C(N)=O)C2)C[C@H]1N(C)C. The summed E-state index contributed by atoms with van der Waals surface area (Å²) in [5, 5.41) is 0. The van der Waals surface area contributed by atoms with Gasteiger partial charge in [-0.2, -0.15) is 0 Å². The lowest BCUT2D eigenvalue weighted by Crippen LogP contribution is -2.48. The molecule has 3 amide bonds. The highest BCUT2D eigenvalue weighted by Gasteiger charge is 2.37. The number of amides is 3. The zero-order chi connectivity index (χ0) is 14.9. The molecule has 6 heteroatoms. The van der Waals surface area contributed by atoms with Crippen LogP contribution in [0.2, 0.25) is 0 Å². The summed E-state index contributed by atoms with van der Waals surface area (Å²) in [5.41, 5.74) is 5.32. The van der Waals surface area contributed by atoms with Gasteiger partial charge in [0.2, 0.25) is 5.91 Å². The number of carbonyl (C=O) groups excluding carboxylic acids is 2. The second-order valence-corrected chi connectivity index (χ2v) is 6.37. The van der Waals surface area contributed by atoms with Gasteiger partial charge >= 0.3 is 6.03 Å². The third-order valence-corrected chi connectivity index (χ3v) is 4.63. The first kappa shape index (κ1) is 15.1. The highest BCUT2D eigenvalue weighted by molar-refractivity contribution is 5.81. The number of hydrogen-bond acceptors (Lipinski definition) is 3. The lowest BCUT2D eigenvalue weighted by molar-refractivity contribution is -0.136. The Bertz CT molecular complexity index is 385. The van der Waals surface area contributed by atoms with Crippen LogP contribution < -0.4 is 5.73 Å². The molecule has 2 saturated heterocycles. The first-order chi connectivity index (χ1) is 9.40. The van der Waals surface area contributed by atoms with E-state index in [0.717, 1.165) is 25.9 Å². The van der Waals surface area contributed by atoms with Crippen LogP contribution in [0.3, 0.4) is 0 Å². The van der Waals surface area contributed by atoms with Crippen LogP contribution in [0.4, 0.5) is 4.79 Å². The molecule has 3 atom stereocenters. The van der Waals surface area contributed by atoms with Crippen molar-refractivity contribution in [2.24, 2.45) is 17.6 Å². The van der Waals surface area contributed by atoms with Gasteiger partial charge in [0.15, 0.2) is 0 Å². The summed E-state index contributed by atoms with van der Waals surface area (Å²) in [6, 6.07) is 0.0123. The lowest BCUT2D eigenvalue weighted by Gasteiger charge is -2.33. The number of urea groups is 1. The van der Waals surface area contributed by atoms with Crippen LogP contribution in [0.25, 0.3) is 0 Å². The summed E-state index contributed by atoms with van der Waals surface area (Å²) >= 11 is 0. The molecule has 0 bridgehead atoms. The van der Waals surface area contributed by atoms with E-state index in [-0.39, 0.29) is 11.8 Å². The van der Waals surface area contributed by atoms with Gasteiger partial charge in [0.05, 0.1) is 5.92 Å². The highest BCUT2D eigenvalue weighted by atomic mass is 16.2. The number of primary amides is 1. The predicted octanol–water partition coefficient (Wildman–Crippen LogP) is 0.186. The zero-order valence-corrected chi connectivity index (χ0v) is 12.7. The summed E-state index contributed by atoms with van der Waals surface area (Å²) in [7, 11) is 4.12. The minimum atomic E-state index is -0.413. The van der Waals surface area contributed by atoms with Gasteiger partial charge in [-0.1, -0.05) is 6.92 Å². The van der Waals surface area contributed by atoms with Crippen molar-refractivity contribution in [2.75, 3.05) is 40.3 Å². The molecule has 2 N–H and O–H groups in total. The van der Waals surface area contributed by atoms with Crippen molar-refractivity contribution in [2.45, 2.75) is 25.8 Å². The van der Waals surface area contributed by atoms with Gasteiger partial charge in [-0.05, 0) is 32.9 Å². The molecular weight excluding hydrogens is 256 g/mol. The van der Waals surface area contributed by atoms with Crippen LogP contribution in [0, 0.1) is 11.8 Å². The summed E-state index contributed by atoms with van der Waals surface area (Å²) in [5.74, 6) is 0.598. The molecule has 2 aliphatic rings. The number of hydrogen-bond donors (Lipinski definition) is 1. The van der Waals surface area contributed by atoms with Crippen molar-refractivity contribution in [1.82, 2.24) is 14.7 Å². The van der Waals surface area contributed by atoms with E-state index in [1.807, 2.05) is 4.90 Å². The Hall–Kier alpha value is -1.30. The van der Waals surface area contributed by atoms with Crippen LogP contribution in [0.15, 0.2) is 0 Å². The van der Waals surface area contributed by atoms with Crippen molar-refractivity contribution in [3.63, 3.8) is 0 Å². The molecule has 0 radical (unpaired) electrons. The largest absolute Gasteiger partial charge is 0.351 e. The van der Waals surface area contributed by atoms with Crippen molar-refractivity contribution in [3.05, 3.63) is 0 Å². The Balaban J connectivity index is 1.96. The monoisotopic (exact) mass is 282 g/mol. The smallest absolute Gasteiger partial charge is 0.314 e. The minimum Gasteiger partial charge on any atom is -0.351 e. The molecule has 114 valence electrons. The Morgan fingerprint density at radius 3 is 2.40 bits per heavy atom. The van der Waals surface area contributed by atoms with Crippen LogP contribution in [0.5, 0.6) is 0 Å². The summed E-state index contributed by atoms with van der Waals surface area (Å²) in [6.07, 6.45) is 1.72. The summed E-state index contributed by atoms with van der Waals surface area (Å²) < 4.78 is 0. The van der Waals surface area contributed by atoms with E-state index in [4.69, 9.17) is 5.73 Å². The fraction of sp³-hybridized carbons (Fsp3) is 0.857. The number of rotatable bonds is 2. The number of carbonyl (C=O) groups is 2. The van der Waals surface area contributed by atoms with Gasteiger partial charge in [-0.3, -0.25) is 4.79 Å². The first-order valence-electron chi connectivity index (χ1n) is 7.39. The second kappa shape index (κ2) is 5.99. The van der Waals surface area contributed by atoms with Crippen LogP contribution in [-0.2, 0) is 4.79 Å². The van der Waals surface area contributed by atoms with E-state index < -0.39 is 6.03 Å². The number of likely N-dealkylation sites (N-methyl/N-ethyl adjacent to an activating group) is 1. The number of nitrogens with zero attached hydrogens (tertiary/aromatic N) is 3. The molecule has 6 nitrogen and oxygen atoms in total. The average molecular weight is 282 g/mol. The maximum absolute atomic E-state index is 12.6. The maximum Gasteiger partial charge on any atom is 0.314 e. The van der Waals surface area contributed by atoms with Crippen molar-refractivity contribution in [1.29, 1.82) is 0 Å². The molecule has 0 aromatic heterocycles. The molecule has 2 aliphatic heterocycles. The Morgan fingerprint density at radius 2 is 1.85 bits per heavy atom. The molecule has 0 saturated carbocycles. The highest BCUT2D eigenvalue weighted by Crippen LogP contribution is 2.25. The molecule has 0 aromatic rings. The first-order valence-corrected chi connectivity index (χ1v) is 7.39. The van der Waals surface area contributed by atoms with E-state index >= 15 is 0 Å². The van der Waals surface area contributed by atoms with E-state index in [1.165, 1.54) is 0 Å². The van der Waals surface area contributed by atoms with Gasteiger partial charge < -0.3 is 20.4 Å². The van der Waals surface area contributed by atoms with Crippen LogP contribution in [-0.4, -0.2) is 73.0 Å². The van der Waals surface area contributed by atoms with E-state index in [9.17, 15) is 9.59 Å². The fourth-order valence-corrected chi connectivity index (χ4v) is 3.44. The molecular formula is C14H26N4O2. The number of nitrogens with two attached hydrogens (primary N) is 1. The Kier molecular flexibility index (Phi) is 4.52. The van der Waals surface area contributed by atoms with Gasteiger partial charge in [0.25, 0.3) is 0 Å². The second-order valence-electron chi connectivity index (χ2n) is 6.37. The van der Waals surface area contributed by atoms with E-state index in [0.29, 0.717) is 25.0 Å². The molecule has 2 fully saturated rings. The lowest BCUT2D eigenvalue weighted by atomic mass is 9.97. The quantitative estimate of drug-likeness (QED) is 0.786. The Labute approximate surface area is 120 Å². The third-order valence-electron chi connectivity index (χ3n) is 4.63. The molecule has 0 spiro atoms. The topological polar surface area (TPSA) is 69.9 Å². The van der Waals surface area contributed by atoms with Crippen molar-refractivity contribution >= 4 is 11.9 Å². The normalized spacial score (nSPS) is 30.9. The fourth-order valence-electron chi connectivity index (χ4n) is 3.44. The molecule has 2 heterocycles. The number of likely N-dealkylation sites (tertiary alicyclic amines) is 2. The third kappa shape index (κ3) is 3.06. The zero-order valence-electron chi connectivity index (χ0n) is 12.7. The molecule has 0 unspecified atom stereocenters. The molecule has 2 rings (SSSR count). The van der Waals surface area contributed by atoms with E-state index in [1.54, 1.807) is 4.90 Å². The van der Waals surface area contributed by atoms with Crippen LogP contribution in [0.1, 0.15) is 19.8 Å². The minimum absolute atomic E-state index is 0.0793. The van der Waals surface area contributed by atoms with Gasteiger partial charge in [0, 0.05) is 32.2 Å². The van der Waals surface area contributed by atoms with E-state index in [2.05, 4.69) is 25.9 Å². The summed E-state index contributed by atoms with van der Waals surface area (Å²) in [6.45, 7) is 4.95. The van der Waals surface area contributed by atoms with Crippen LogP contribution >= 0.6 is 0 Å². The summed E-state index contributed by atoms with van der Waals surface area (Å²) in [4.78, 5) is 29.6.